The zero-order chi connectivity index (χ0) is 12.7. The zero-order valence-electron chi connectivity index (χ0n) is 10.2. The second-order valence-electron chi connectivity index (χ2n) is 4.15. The summed E-state index contributed by atoms with van der Waals surface area (Å²) in [6.45, 7) is 1.31. The van der Waals surface area contributed by atoms with Crippen LogP contribution in [0.2, 0.25) is 0 Å². The van der Waals surface area contributed by atoms with Gasteiger partial charge in [-0.15, -0.1) is 0 Å². The van der Waals surface area contributed by atoms with E-state index in [0.29, 0.717) is 0 Å². The van der Waals surface area contributed by atoms with Gasteiger partial charge in [0.25, 0.3) is 0 Å². The number of hydrogen-bond acceptors (Lipinski definition) is 3. The maximum Gasteiger partial charge on any atom is 0.0682 e. The quantitative estimate of drug-likeness (QED) is 0.761. The molecule has 0 saturated heterocycles. The van der Waals surface area contributed by atoms with Crippen molar-refractivity contribution in [2.75, 3.05) is 25.1 Å². The van der Waals surface area contributed by atoms with Crippen molar-refractivity contribution >= 4 is 21.6 Å². The molecule has 0 aliphatic rings. The fourth-order valence-electron chi connectivity index (χ4n) is 1.72. The molecule has 0 aromatic heterocycles. The molecule has 0 bridgehead atoms. The normalized spacial score (nSPS) is 10.6. The minimum absolute atomic E-state index is 0.0685. The predicted octanol–water partition coefficient (Wildman–Crippen LogP) is 2.54. The molecule has 96 valence electrons. The van der Waals surface area contributed by atoms with E-state index in [-0.39, 0.29) is 13.2 Å². The van der Waals surface area contributed by atoms with E-state index in [1.807, 2.05) is 18.2 Å². The third kappa shape index (κ3) is 4.66. The molecule has 0 radical (unpaired) electrons. The molecule has 0 spiro atoms. The van der Waals surface area contributed by atoms with E-state index in [1.54, 1.807) is 0 Å². The maximum absolute atomic E-state index is 9.03. The molecule has 1 aromatic carbocycles. The van der Waals surface area contributed by atoms with Gasteiger partial charge in [0.1, 0.15) is 0 Å². The Balaban J connectivity index is 2.53. The van der Waals surface area contributed by atoms with Crippen molar-refractivity contribution in [1.82, 2.24) is 0 Å². The third-order valence-electron chi connectivity index (χ3n) is 2.76. The SMILES string of the molecule is CN(CCCCCO)c1ccc(CO)cc1Br. The number of aliphatic hydroxyl groups excluding tert-OH is 2. The van der Waals surface area contributed by atoms with Crippen LogP contribution in [-0.2, 0) is 6.61 Å². The predicted molar refractivity (Wildman–Crippen MR) is 74.3 cm³/mol. The fraction of sp³-hybridized carbons (Fsp3) is 0.538. The van der Waals surface area contributed by atoms with Gasteiger partial charge in [-0.25, -0.2) is 0 Å². The summed E-state index contributed by atoms with van der Waals surface area (Å²) < 4.78 is 1.01. The van der Waals surface area contributed by atoms with Gasteiger partial charge in [-0.2, -0.15) is 0 Å². The van der Waals surface area contributed by atoms with Crippen LogP contribution in [0.15, 0.2) is 22.7 Å². The number of unbranched alkanes of at least 4 members (excludes halogenated alkanes) is 2. The Kier molecular flexibility index (Phi) is 6.55. The molecule has 0 aliphatic carbocycles. The third-order valence-corrected chi connectivity index (χ3v) is 3.39. The van der Waals surface area contributed by atoms with Gasteiger partial charge in [-0.05, 0) is 52.9 Å². The number of benzene rings is 1. The van der Waals surface area contributed by atoms with Gasteiger partial charge >= 0.3 is 0 Å². The molecule has 0 unspecified atom stereocenters. The molecule has 3 nitrogen and oxygen atoms in total. The summed E-state index contributed by atoms with van der Waals surface area (Å²) in [5.41, 5.74) is 2.04. The molecule has 2 N–H and O–H groups in total. The summed E-state index contributed by atoms with van der Waals surface area (Å²) in [6.07, 6.45) is 3.00. The topological polar surface area (TPSA) is 43.7 Å². The van der Waals surface area contributed by atoms with Crippen LogP contribution in [0, 0.1) is 0 Å². The van der Waals surface area contributed by atoms with Crippen molar-refractivity contribution < 1.29 is 10.2 Å². The summed E-state index contributed by atoms with van der Waals surface area (Å²) in [5.74, 6) is 0. The van der Waals surface area contributed by atoms with Gasteiger partial charge in [-0.1, -0.05) is 6.07 Å². The lowest BCUT2D eigenvalue weighted by molar-refractivity contribution is 0.282. The number of rotatable bonds is 7. The van der Waals surface area contributed by atoms with Crippen molar-refractivity contribution in [2.24, 2.45) is 0 Å². The lowest BCUT2D eigenvalue weighted by atomic mass is 10.2. The largest absolute Gasteiger partial charge is 0.396 e. The van der Waals surface area contributed by atoms with Gasteiger partial charge < -0.3 is 15.1 Å². The van der Waals surface area contributed by atoms with Crippen LogP contribution < -0.4 is 4.90 Å². The van der Waals surface area contributed by atoms with Crippen LogP contribution in [0.1, 0.15) is 24.8 Å². The summed E-state index contributed by atoms with van der Waals surface area (Å²) in [6, 6.07) is 5.89. The molecule has 0 saturated carbocycles. The number of halogens is 1. The van der Waals surface area contributed by atoms with Crippen LogP contribution in [0.3, 0.4) is 0 Å². The highest BCUT2D eigenvalue weighted by molar-refractivity contribution is 9.10. The van der Waals surface area contributed by atoms with Crippen molar-refractivity contribution in [3.8, 4) is 0 Å². The first kappa shape index (κ1) is 14.5. The summed E-state index contributed by atoms with van der Waals surface area (Å²) in [5, 5.41) is 17.7. The van der Waals surface area contributed by atoms with Crippen molar-refractivity contribution in [1.29, 1.82) is 0 Å². The van der Waals surface area contributed by atoms with Gasteiger partial charge in [0.15, 0.2) is 0 Å². The Morgan fingerprint density at radius 2 is 1.94 bits per heavy atom. The Labute approximate surface area is 111 Å². The van der Waals surface area contributed by atoms with Crippen LogP contribution in [0.25, 0.3) is 0 Å². The van der Waals surface area contributed by atoms with E-state index < -0.39 is 0 Å². The highest BCUT2D eigenvalue weighted by atomic mass is 79.9. The molecule has 1 aromatic rings. The van der Waals surface area contributed by atoms with E-state index in [2.05, 4.69) is 27.9 Å². The van der Waals surface area contributed by atoms with E-state index in [1.165, 1.54) is 0 Å². The first-order chi connectivity index (χ1) is 8.19. The van der Waals surface area contributed by atoms with Gasteiger partial charge in [0.05, 0.1) is 12.3 Å². The zero-order valence-corrected chi connectivity index (χ0v) is 11.8. The monoisotopic (exact) mass is 301 g/mol. The van der Waals surface area contributed by atoms with Crippen LogP contribution in [0.4, 0.5) is 5.69 Å². The molecule has 0 fully saturated rings. The minimum Gasteiger partial charge on any atom is -0.396 e. The lowest BCUT2D eigenvalue weighted by Gasteiger charge is -2.21. The summed E-state index contributed by atoms with van der Waals surface area (Å²) >= 11 is 3.52. The van der Waals surface area contributed by atoms with Crippen molar-refractivity contribution in [3.63, 3.8) is 0 Å². The Morgan fingerprint density at radius 3 is 2.53 bits per heavy atom. The molecule has 0 atom stereocenters. The lowest BCUT2D eigenvalue weighted by Crippen LogP contribution is -2.19. The van der Waals surface area contributed by atoms with Crippen molar-refractivity contribution in [3.05, 3.63) is 28.2 Å². The van der Waals surface area contributed by atoms with E-state index in [4.69, 9.17) is 10.2 Å². The number of anilines is 1. The highest BCUT2D eigenvalue weighted by Crippen LogP contribution is 2.26. The van der Waals surface area contributed by atoms with Crippen LogP contribution >= 0.6 is 15.9 Å². The van der Waals surface area contributed by atoms with Gasteiger partial charge in [-0.3, -0.25) is 0 Å². The van der Waals surface area contributed by atoms with E-state index in [0.717, 1.165) is 41.5 Å². The molecule has 1 rings (SSSR count). The van der Waals surface area contributed by atoms with Gasteiger partial charge in [0.2, 0.25) is 0 Å². The first-order valence-corrected chi connectivity index (χ1v) is 6.69. The molecule has 0 amide bonds. The smallest absolute Gasteiger partial charge is 0.0682 e. The molecule has 0 heterocycles. The molecular formula is C13H20BrNO2. The minimum atomic E-state index is 0.0685. The Bertz CT molecular complexity index is 344. The van der Waals surface area contributed by atoms with Crippen LogP contribution in [-0.4, -0.2) is 30.4 Å². The standard InChI is InChI=1S/C13H20BrNO2/c1-15(7-3-2-4-8-16)13-6-5-11(10-17)9-12(13)14/h5-6,9,16-17H,2-4,7-8,10H2,1H3. The summed E-state index contributed by atoms with van der Waals surface area (Å²) in [7, 11) is 2.05. The molecule has 17 heavy (non-hydrogen) atoms. The molecule has 0 aliphatic heterocycles. The average molecular weight is 302 g/mol. The average Bonchev–Trinajstić information content (AvgIpc) is 2.34. The molecule has 4 heteroatoms. The van der Waals surface area contributed by atoms with E-state index >= 15 is 0 Å². The van der Waals surface area contributed by atoms with Gasteiger partial charge in [0, 0.05) is 24.7 Å². The highest BCUT2D eigenvalue weighted by Gasteiger charge is 2.06. The Hall–Kier alpha value is -0.580. The van der Waals surface area contributed by atoms with E-state index in [9.17, 15) is 0 Å². The number of nitrogens with zero attached hydrogens (tertiary/aromatic N) is 1. The second-order valence-corrected chi connectivity index (χ2v) is 5.00. The maximum atomic E-state index is 9.03. The number of hydrogen-bond donors (Lipinski definition) is 2. The number of aliphatic hydroxyl groups is 2. The molecular weight excluding hydrogens is 282 g/mol. The van der Waals surface area contributed by atoms with Crippen molar-refractivity contribution in [2.45, 2.75) is 25.9 Å². The Morgan fingerprint density at radius 1 is 1.18 bits per heavy atom. The summed E-state index contributed by atoms with van der Waals surface area (Å²) in [4.78, 5) is 2.18. The second kappa shape index (κ2) is 7.69. The fourth-order valence-corrected chi connectivity index (χ4v) is 2.45. The first-order valence-electron chi connectivity index (χ1n) is 5.90. The van der Waals surface area contributed by atoms with Crippen LogP contribution in [0.5, 0.6) is 0 Å².